The molecule has 2 atom stereocenters. The summed E-state index contributed by atoms with van der Waals surface area (Å²) in [5, 5.41) is 9.97. The highest BCUT2D eigenvalue weighted by Gasteiger charge is 2.34. The molecule has 0 aromatic carbocycles. The van der Waals surface area contributed by atoms with Gasteiger partial charge in [0.15, 0.2) is 0 Å². The van der Waals surface area contributed by atoms with E-state index >= 15 is 0 Å². The Morgan fingerprint density at radius 3 is 2.16 bits per heavy atom. The lowest BCUT2D eigenvalue weighted by Crippen LogP contribution is -2.54. The molecule has 4 heteroatoms. The summed E-state index contributed by atoms with van der Waals surface area (Å²) in [5.74, 6) is 0.702. The van der Waals surface area contributed by atoms with Crippen LogP contribution in [0.1, 0.15) is 44.9 Å². The van der Waals surface area contributed by atoms with E-state index in [1.807, 2.05) is 0 Å². The van der Waals surface area contributed by atoms with Crippen LogP contribution in [0.5, 0.6) is 0 Å². The molecular formula is C15H26N2O2. The van der Waals surface area contributed by atoms with Crippen LogP contribution in [0.2, 0.25) is 0 Å². The van der Waals surface area contributed by atoms with E-state index in [1.165, 1.54) is 12.8 Å². The molecule has 2 unspecified atom stereocenters. The SMILES string of the molecule is O=C(C1CCCC1)N1CCN(C2CCCC2O)CC1. The van der Waals surface area contributed by atoms with E-state index in [1.54, 1.807) is 0 Å². The fourth-order valence-corrected chi connectivity index (χ4v) is 4.05. The van der Waals surface area contributed by atoms with Gasteiger partial charge in [-0.25, -0.2) is 0 Å². The molecule has 0 bridgehead atoms. The third-order valence-corrected chi connectivity index (χ3v) is 5.24. The maximum absolute atomic E-state index is 12.4. The molecule has 1 aliphatic heterocycles. The fraction of sp³-hybridized carbons (Fsp3) is 0.933. The largest absolute Gasteiger partial charge is 0.391 e. The summed E-state index contributed by atoms with van der Waals surface area (Å²) in [6.07, 6.45) is 7.73. The number of piperazine rings is 1. The second-order valence-corrected chi connectivity index (χ2v) is 6.41. The third kappa shape index (κ3) is 2.79. The van der Waals surface area contributed by atoms with Crippen molar-refractivity contribution in [3.63, 3.8) is 0 Å². The first-order chi connectivity index (χ1) is 9.25. The summed E-state index contributed by atoms with van der Waals surface area (Å²) in [6, 6.07) is 0.351. The highest BCUT2D eigenvalue weighted by atomic mass is 16.3. The van der Waals surface area contributed by atoms with Gasteiger partial charge in [-0.15, -0.1) is 0 Å². The van der Waals surface area contributed by atoms with Gasteiger partial charge in [0.25, 0.3) is 0 Å². The summed E-state index contributed by atoms with van der Waals surface area (Å²) < 4.78 is 0. The number of carbonyl (C=O) groups is 1. The van der Waals surface area contributed by atoms with Gasteiger partial charge in [-0.2, -0.15) is 0 Å². The smallest absolute Gasteiger partial charge is 0.225 e. The average molecular weight is 266 g/mol. The van der Waals surface area contributed by atoms with Crippen molar-refractivity contribution < 1.29 is 9.90 Å². The summed E-state index contributed by atoms with van der Waals surface area (Å²) in [7, 11) is 0. The Hall–Kier alpha value is -0.610. The minimum absolute atomic E-state index is 0.142. The van der Waals surface area contributed by atoms with Gasteiger partial charge < -0.3 is 10.0 Å². The van der Waals surface area contributed by atoms with Crippen LogP contribution < -0.4 is 0 Å². The van der Waals surface area contributed by atoms with E-state index in [2.05, 4.69) is 9.80 Å². The van der Waals surface area contributed by atoms with Crippen molar-refractivity contribution in [2.24, 2.45) is 5.92 Å². The standard InChI is InChI=1S/C15H26N2O2/c18-14-7-3-6-13(14)16-8-10-17(11-9-16)15(19)12-4-1-2-5-12/h12-14,18H,1-11H2. The second-order valence-electron chi connectivity index (χ2n) is 6.41. The van der Waals surface area contributed by atoms with Gasteiger partial charge in [-0.3, -0.25) is 9.69 Å². The normalized spacial score (nSPS) is 34.1. The molecule has 2 saturated carbocycles. The van der Waals surface area contributed by atoms with Crippen molar-refractivity contribution in [2.75, 3.05) is 26.2 Å². The molecule has 3 rings (SSSR count). The molecule has 1 amide bonds. The Bertz CT molecular complexity index is 320. The first-order valence-electron chi connectivity index (χ1n) is 7.96. The lowest BCUT2D eigenvalue weighted by atomic mass is 10.1. The minimum Gasteiger partial charge on any atom is -0.391 e. The highest BCUT2D eigenvalue weighted by molar-refractivity contribution is 5.79. The van der Waals surface area contributed by atoms with E-state index in [0.717, 1.165) is 58.3 Å². The zero-order valence-corrected chi connectivity index (χ0v) is 11.8. The van der Waals surface area contributed by atoms with Gasteiger partial charge in [-0.05, 0) is 32.1 Å². The summed E-state index contributed by atoms with van der Waals surface area (Å²) in [6.45, 7) is 3.61. The Morgan fingerprint density at radius 2 is 1.58 bits per heavy atom. The Balaban J connectivity index is 1.50. The quantitative estimate of drug-likeness (QED) is 0.817. The number of aliphatic hydroxyl groups is 1. The van der Waals surface area contributed by atoms with Gasteiger partial charge in [0.05, 0.1) is 6.10 Å². The lowest BCUT2D eigenvalue weighted by molar-refractivity contribution is -0.137. The Kier molecular flexibility index (Phi) is 4.08. The summed E-state index contributed by atoms with van der Waals surface area (Å²) >= 11 is 0. The van der Waals surface area contributed by atoms with E-state index in [9.17, 15) is 9.90 Å². The molecule has 108 valence electrons. The maximum Gasteiger partial charge on any atom is 0.225 e. The molecule has 1 saturated heterocycles. The van der Waals surface area contributed by atoms with Crippen LogP contribution in [0.25, 0.3) is 0 Å². The first kappa shape index (κ1) is 13.4. The van der Waals surface area contributed by atoms with Crippen molar-refractivity contribution in [2.45, 2.75) is 57.1 Å². The monoisotopic (exact) mass is 266 g/mol. The van der Waals surface area contributed by atoms with Crippen LogP contribution in [0, 0.1) is 5.92 Å². The minimum atomic E-state index is -0.142. The number of carbonyl (C=O) groups excluding carboxylic acids is 1. The number of nitrogens with zero attached hydrogens (tertiary/aromatic N) is 2. The van der Waals surface area contributed by atoms with Crippen molar-refractivity contribution in [3.05, 3.63) is 0 Å². The van der Waals surface area contributed by atoms with E-state index < -0.39 is 0 Å². The molecule has 0 aromatic heterocycles. The van der Waals surface area contributed by atoms with Crippen LogP contribution in [0.4, 0.5) is 0 Å². The molecule has 19 heavy (non-hydrogen) atoms. The molecule has 0 spiro atoms. The zero-order valence-electron chi connectivity index (χ0n) is 11.8. The Labute approximate surface area is 115 Å². The van der Waals surface area contributed by atoms with Crippen molar-refractivity contribution in [3.8, 4) is 0 Å². The predicted molar refractivity (Wildman–Crippen MR) is 73.8 cm³/mol. The number of hydrogen-bond donors (Lipinski definition) is 1. The molecule has 1 N–H and O–H groups in total. The lowest BCUT2D eigenvalue weighted by Gasteiger charge is -2.39. The van der Waals surface area contributed by atoms with Gasteiger partial charge >= 0.3 is 0 Å². The maximum atomic E-state index is 12.4. The number of rotatable bonds is 2. The summed E-state index contributed by atoms with van der Waals surface area (Å²) in [5.41, 5.74) is 0. The molecule has 0 radical (unpaired) electrons. The molecular weight excluding hydrogens is 240 g/mol. The predicted octanol–water partition coefficient (Wildman–Crippen LogP) is 1.23. The zero-order chi connectivity index (χ0) is 13.2. The fourth-order valence-electron chi connectivity index (χ4n) is 4.05. The van der Waals surface area contributed by atoms with Crippen LogP contribution >= 0.6 is 0 Å². The topological polar surface area (TPSA) is 43.8 Å². The molecule has 3 fully saturated rings. The van der Waals surface area contributed by atoms with Crippen molar-refractivity contribution in [1.82, 2.24) is 9.80 Å². The molecule has 4 nitrogen and oxygen atoms in total. The van der Waals surface area contributed by atoms with Gasteiger partial charge in [-0.1, -0.05) is 12.8 Å². The second kappa shape index (κ2) is 5.80. The number of hydrogen-bond acceptors (Lipinski definition) is 3. The van der Waals surface area contributed by atoms with E-state index in [-0.39, 0.29) is 6.10 Å². The Morgan fingerprint density at radius 1 is 0.895 bits per heavy atom. The van der Waals surface area contributed by atoms with E-state index in [0.29, 0.717) is 17.9 Å². The average Bonchev–Trinajstić information content (AvgIpc) is 3.09. The third-order valence-electron chi connectivity index (χ3n) is 5.24. The van der Waals surface area contributed by atoms with E-state index in [4.69, 9.17) is 0 Å². The molecule has 3 aliphatic rings. The molecule has 0 aromatic rings. The van der Waals surface area contributed by atoms with Crippen LogP contribution in [0.3, 0.4) is 0 Å². The van der Waals surface area contributed by atoms with Crippen molar-refractivity contribution in [1.29, 1.82) is 0 Å². The van der Waals surface area contributed by atoms with Crippen LogP contribution in [-0.2, 0) is 4.79 Å². The van der Waals surface area contributed by atoms with Crippen LogP contribution in [-0.4, -0.2) is 59.1 Å². The van der Waals surface area contributed by atoms with Crippen LogP contribution in [0.15, 0.2) is 0 Å². The first-order valence-corrected chi connectivity index (χ1v) is 7.96. The summed E-state index contributed by atoms with van der Waals surface area (Å²) in [4.78, 5) is 16.8. The molecule has 1 heterocycles. The van der Waals surface area contributed by atoms with Gasteiger partial charge in [0, 0.05) is 38.1 Å². The molecule has 2 aliphatic carbocycles. The van der Waals surface area contributed by atoms with Gasteiger partial charge in [0.1, 0.15) is 0 Å². The van der Waals surface area contributed by atoms with Gasteiger partial charge in [0.2, 0.25) is 5.91 Å². The highest BCUT2D eigenvalue weighted by Crippen LogP contribution is 2.28. The number of amides is 1. The number of aliphatic hydroxyl groups excluding tert-OH is 1. The van der Waals surface area contributed by atoms with Crippen molar-refractivity contribution >= 4 is 5.91 Å².